The minimum Gasteiger partial charge on any atom is -0.426 e. The van der Waals surface area contributed by atoms with Gasteiger partial charge in [0.2, 0.25) is 0 Å². The molecule has 26 heavy (non-hydrogen) atoms. The highest BCUT2D eigenvalue weighted by Gasteiger charge is 2.19. The van der Waals surface area contributed by atoms with Gasteiger partial charge in [-0.25, -0.2) is 0 Å². The van der Waals surface area contributed by atoms with Gasteiger partial charge in [0.25, 0.3) is 5.69 Å². The minimum atomic E-state index is -0.886. The predicted octanol–water partition coefficient (Wildman–Crippen LogP) is 3.63. The fourth-order valence-electron chi connectivity index (χ4n) is 2.48. The number of nitrogens with zero attached hydrogens (tertiary/aromatic N) is 1. The summed E-state index contributed by atoms with van der Waals surface area (Å²) in [7, 11) is -0.886. The zero-order chi connectivity index (χ0) is 18.4. The van der Waals surface area contributed by atoms with E-state index in [0.717, 1.165) is 10.6 Å². The molecule has 0 N–H and O–H groups in total. The van der Waals surface area contributed by atoms with E-state index in [9.17, 15) is 14.9 Å². The Balaban J connectivity index is 1.76. The molecule has 0 unspecified atom stereocenters. The Bertz CT molecular complexity index is 843. The first-order chi connectivity index (χ1) is 12.6. The number of non-ortho nitro benzene ring substituents is 1. The number of hydrogen-bond donors (Lipinski definition) is 0. The van der Waals surface area contributed by atoms with Crippen molar-refractivity contribution in [2.24, 2.45) is 0 Å². The molecule has 0 fully saturated rings. The van der Waals surface area contributed by atoms with E-state index in [1.165, 1.54) is 24.3 Å². The highest BCUT2D eigenvalue weighted by molar-refractivity contribution is 7.73. The normalized spacial score (nSPS) is 10.5. The van der Waals surface area contributed by atoms with Crippen molar-refractivity contribution in [3.63, 3.8) is 0 Å². The van der Waals surface area contributed by atoms with Crippen molar-refractivity contribution in [1.82, 2.24) is 0 Å². The van der Waals surface area contributed by atoms with E-state index in [1.807, 2.05) is 60.7 Å². The first-order valence-electron chi connectivity index (χ1n) is 7.96. The molecule has 0 aromatic heterocycles. The lowest BCUT2D eigenvalue weighted by atomic mass is 10.3. The number of hydrogen-bond acceptors (Lipinski definition) is 4. The van der Waals surface area contributed by atoms with Crippen molar-refractivity contribution in [3.05, 3.63) is 95.0 Å². The van der Waals surface area contributed by atoms with Crippen molar-refractivity contribution in [2.75, 3.05) is 6.16 Å². The van der Waals surface area contributed by atoms with Crippen LogP contribution in [0, 0.1) is 10.1 Å². The van der Waals surface area contributed by atoms with Gasteiger partial charge >= 0.3 is 5.97 Å². The smallest absolute Gasteiger partial charge is 0.316 e. The molecule has 5 nitrogen and oxygen atoms in total. The molecular weight excluding hydrogens is 349 g/mol. The quantitative estimate of drug-likeness (QED) is 0.220. The number of nitro benzene ring substituents is 1. The highest BCUT2D eigenvalue weighted by Crippen LogP contribution is 2.33. The van der Waals surface area contributed by atoms with Gasteiger partial charge in [-0.3, -0.25) is 14.9 Å². The summed E-state index contributed by atoms with van der Waals surface area (Å²) in [6.45, 7) is 0. The predicted molar refractivity (Wildman–Crippen MR) is 103 cm³/mol. The Hall–Kier alpha value is -3.04. The molecule has 0 heterocycles. The number of carbonyl (C=O) groups excluding carboxylic acids is 1. The first kappa shape index (κ1) is 17.8. The van der Waals surface area contributed by atoms with Crippen molar-refractivity contribution in [1.29, 1.82) is 0 Å². The number of nitro groups is 1. The SMILES string of the molecule is O=C(CP(c1ccccc1)c1ccccc1)Oc1ccc([N+](=O)[O-])cc1. The van der Waals surface area contributed by atoms with Crippen LogP contribution < -0.4 is 15.3 Å². The maximum absolute atomic E-state index is 12.4. The van der Waals surface area contributed by atoms with Gasteiger partial charge in [0.05, 0.1) is 11.1 Å². The van der Waals surface area contributed by atoms with Gasteiger partial charge in [-0.05, 0) is 30.7 Å². The van der Waals surface area contributed by atoms with Crippen LogP contribution in [0.25, 0.3) is 0 Å². The summed E-state index contributed by atoms with van der Waals surface area (Å²) in [6, 6.07) is 25.3. The largest absolute Gasteiger partial charge is 0.426 e. The summed E-state index contributed by atoms with van der Waals surface area (Å²) in [4.78, 5) is 22.7. The number of benzene rings is 3. The summed E-state index contributed by atoms with van der Waals surface area (Å²) < 4.78 is 5.38. The zero-order valence-electron chi connectivity index (χ0n) is 13.8. The van der Waals surface area contributed by atoms with E-state index < -0.39 is 12.8 Å². The third kappa shape index (κ3) is 4.52. The fourth-order valence-corrected chi connectivity index (χ4v) is 4.53. The molecule has 0 amide bonds. The second-order valence-corrected chi connectivity index (χ2v) is 7.69. The lowest BCUT2D eigenvalue weighted by Gasteiger charge is -2.17. The standard InChI is InChI=1S/C20H16NO4P/c22-20(25-17-13-11-16(12-14-17)21(23)24)15-26(18-7-3-1-4-8-18)19-9-5-2-6-10-19/h1-14H,15H2. The third-order valence-corrected chi connectivity index (χ3v) is 6.12. The van der Waals surface area contributed by atoms with Gasteiger partial charge in [-0.1, -0.05) is 60.7 Å². The van der Waals surface area contributed by atoms with Gasteiger partial charge in [0.1, 0.15) is 5.75 Å². The average molecular weight is 365 g/mol. The van der Waals surface area contributed by atoms with Crippen LogP contribution in [-0.2, 0) is 4.79 Å². The first-order valence-corrected chi connectivity index (χ1v) is 9.49. The summed E-state index contributed by atoms with van der Waals surface area (Å²) in [5, 5.41) is 12.9. The highest BCUT2D eigenvalue weighted by atomic mass is 31.1. The van der Waals surface area contributed by atoms with E-state index >= 15 is 0 Å². The van der Waals surface area contributed by atoms with Gasteiger partial charge in [0, 0.05) is 12.1 Å². The van der Waals surface area contributed by atoms with Crippen molar-refractivity contribution < 1.29 is 14.5 Å². The maximum Gasteiger partial charge on any atom is 0.316 e. The van der Waals surface area contributed by atoms with E-state index in [4.69, 9.17) is 4.74 Å². The van der Waals surface area contributed by atoms with E-state index in [1.54, 1.807) is 0 Å². The molecule has 0 aliphatic carbocycles. The number of carbonyl (C=O) groups is 1. The summed E-state index contributed by atoms with van der Waals surface area (Å²) in [5.74, 6) is -0.0608. The molecule has 0 atom stereocenters. The van der Waals surface area contributed by atoms with E-state index in [-0.39, 0.29) is 17.8 Å². The fraction of sp³-hybridized carbons (Fsp3) is 0.0500. The number of esters is 1. The second kappa shape index (κ2) is 8.37. The van der Waals surface area contributed by atoms with Crippen LogP contribution in [0.1, 0.15) is 0 Å². The molecule has 0 spiro atoms. The van der Waals surface area contributed by atoms with E-state index in [2.05, 4.69) is 0 Å². The Morgan fingerprint density at radius 1 is 0.846 bits per heavy atom. The lowest BCUT2D eigenvalue weighted by molar-refractivity contribution is -0.384. The molecule has 3 rings (SSSR count). The van der Waals surface area contributed by atoms with Gasteiger partial charge in [-0.2, -0.15) is 0 Å². The zero-order valence-corrected chi connectivity index (χ0v) is 14.7. The molecular formula is C20H16NO4P. The van der Waals surface area contributed by atoms with Crippen molar-refractivity contribution in [3.8, 4) is 5.75 Å². The molecule has 130 valence electrons. The van der Waals surface area contributed by atoms with Crippen LogP contribution in [0.5, 0.6) is 5.75 Å². The van der Waals surface area contributed by atoms with Crippen LogP contribution in [-0.4, -0.2) is 17.1 Å². The van der Waals surface area contributed by atoms with Gasteiger partial charge in [0.15, 0.2) is 0 Å². The summed E-state index contributed by atoms with van der Waals surface area (Å²) in [6.07, 6.45) is 0.236. The Morgan fingerprint density at radius 2 is 1.35 bits per heavy atom. The van der Waals surface area contributed by atoms with Gasteiger partial charge in [-0.15, -0.1) is 0 Å². The van der Waals surface area contributed by atoms with Crippen LogP contribution in [0.4, 0.5) is 5.69 Å². The molecule has 0 radical (unpaired) electrons. The van der Waals surface area contributed by atoms with Crippen molar-refractivity contribution >= 4 is 30.2 Å². The molecule has 3 aromatic carbocycles. The monoisotopic (exact) mass is 365 g/mol. The molecule has 0 aliphatic rings. The number of ether oxygens (including phenoxy) is 1. The minimum absolute atomic E-state index is 0.0411. The van der Waals surface area contributed by atoms with Crippen LogP contribution >= 0.6 is 7.92 Å². The van der Waals surface area contributed by atoms with Crippen LogP contribution in [0.3, 0.4) is 0 Å². The summed E-state index contributed by atoms with van der Waals surface area (Å²) in [5.41, 5.74) is -0.0411. The van der Waals surface area contributed by atoms with Crippen LogP contribution in [0.15, 0.2) is 84.9 Å². The molecule has 3 aromatic rings. The Labute approximate surface area is 152 Å². The lowest BCUT2D eigenvalue weighted by Crippen LogP contribution is -2.21. The van der Waals surface area contributed by atoms with Crippen LogP contribution in [0.2, 0.25) is 0 Å². The second-order valence-electron chi connectivity index (χ2n) is 5.48. The molecule has 6 heteroatoms. The summed E-state index contributed by atoms with van der Waals surface area (Å²) >= 11 is 0. The number of rotatable bonds is 6. The molecule has 0 aliphatic heterocycles. The average Bonchev–Trinajstić information content (AvgIpc) is 2.68. The van der Waals surface area contributed by atoms with Gasteiger partial charge < -0.3 is 4.74 Å². The Kier molecular flexibility index (Phi) is 5.72. The Morgan fingerprint density at radius 3 is 1.81 bits per heavy atom. The third-order valence-electron chi connectivity index (χ3n) is 3.70. The maximum atomic E-state index is 12.4. The topological polar surface area (TPSA) is 69.4 Å². The molecule has 0 saturated heterocycles. The molecule has 0 saturated carbocycles. The van der Waals surface area contributed by atoms with Crippen molar-refractivity contribution in [2.45, 2.75) is 0 Å². The van der Waals surface area contributed by atoms with E-state index in [0.29, 0.717) is 5.75 Å². The molecule has 0 bridgehead atoms.